The average molecular weight is 411 g/mol. The van der Waals surface area contributed by atoms with E-state index in [1.165, 1.54) is 17.2 Å². The molecule has 158 valence electrons. The van der Waals surface area contributed by atoms with E-state index in [0.29, 0.717) is 0 Å². The molecule has 2 nitrogen and oxygen atoms in total. The van der Waals surface area contributed by atoms with E-state index in [9.17, 15) is 4.79 Å². The maximum absolute atomic E-state index is 12.2. The number of hydrogen-bond acceptors (Lipinski definition) is 2. The molecule has 31 heavy (non-hydrogen) atoms. The molecule has 1 atom stereocenters. The SMILES string of the molecule is C/C(=C\OC(=O)/C=C/c1ccccc1)C(c1ccccc1)c1ccc(C(C)(C)C)cc1. The second kappa shape index (κ2) is 10.1. The fraction of sp³-hybridized carbons (Fsp3) is 0.207. The Bertz CT molecular complexity index is 1040. The Morgan fingerprint density at radius 3 is 1.94 bits per heavy atom. The van der Waals surface area contributed by atoms with E-state index in [4.69, 9.17) is 4.74 Å². The number of carbonyl (C=O) groups is 1. The molecule has 0 heterocycles. The second-order valence-corrected chi connectivity index (χ2v) is 8.76. The summed E-state index contributed by atoms with van der Waals surface area (Å²) < 4.78 is 5.44. The van der Waals surface area contributed by atoms with Crippen LogP contribution in [0.2, 0.25) is 0 Å². The summed E-state index contributed by atoms with van der Waals surface area (Å²) in [6, 6.07) is 28.7. The number of esters is 1. The zero-order chi connectivity index (χ0) is 22.3. The molecule has 3 aromatic carbocycles. The lowest BCUT2D eigenvalue weighted by molar-refractivity contribution is -0.132. The van der Waals surface area contributed by atoms with Crippen LogP contribution in [0.15, 0.2) is 103 Å². The predicted molar refractivity (Wildman–Crippen MR) is 129 cm³/mol. The molecule has 0 N–H and O–H groups in total. The smallest absolute Gasteiger partial charge is 0.335 e. The lowest BCUT2D eigenvalue weighted by Gasteiger charge is -2.22. The van der Waals surface area contributed by atoms with Crippen LogP contribution in [-0.4, -0.2) is 5.97 Å². The first kappa shape index (κ1) is 22.3. The van der Waals surface area contributed by atoms with E-state index in [2.05, 4.69) is 57.2 Å². The van der Waals surface area contributed by atoms with Crippen molar-refractivity contribution in [3.63, 3.8) is 0 Å². The quantitative estimate of drug-likeness (QED) is 0.242. The minimum absolute atomic E-state index is 0.0149. The van der Waals surface area contributed by atoms with Crippen molar-refractivity contribution in [3.8, 4) is 0 Å². The summed E-state index contributed by atoms with van der Waals surface area (Å²) in [4.78, 5) is 12.2. The van der Waals surface area contributed by atoms with Crippen molar-refractivity contribution in [2.24, 2.45) is 0 Å². The molecule has 0 radical (unpaired) electrons. The largest absolute Gasteiger partial charge is 0.431 e. The fourth-order valence-electron chi connectivity index (χ4n) is 3.53. The van der Waals surface area contributed by atoms with Gasteiger partial charge in [-0.15, -0.1) is 0 Å². The van der Waals surface area contributed by atoms with Gasteiger partial charge >= 0.3 is 5.97 Å². The van der Waals surface area contributed by atoms with Gasteiger partial charge in [-0.1, -0.05) is 106 Å². The summed E-state index contributed by atoms with van der Waals surface area (Å²) in [5, 5.41) is 0. The first-order chi connectivity index (χ1) is 14.8. The molecule has 0 saturated heterocycles. The van der Waals surface area contributed by atoms with E-state index < -0.39 is 5.97 Å². The number of ether oxygens (including phenoxy) is 1. The Kier molecular flexibility index (Phi) is 7.25. The van der Waals surface area contributed by atoms with Gasteiger partial charge in [0.05, 0.1) is 6.26 Å². The number of carbonyl (C=O) groups excluding carboxylic acids is 1. The van der Waals surface area contributed by atoms with Gasteiger partial charge in [0.15, 0.2) is 0 Å². The van der Waals surface area contributed by atoms with E-state index in [-0.39, 0.29) is 11.3 Å². The molecule has 1 unspecified atom stereocenters. The number of allylic oxidation sites excluding steroid dienone is 1. The van der Waals surface area contributed by atoms with Gasteiger partial charge in [-0.3, -0.25) is 0 Å². The molecule has 0 aliphatic carbocycles. The molecule has 3 aromatic rings. The van der Waals surface area contributed by atoms with Gasteiger partial charge in [0.2, 0.25) is 0 Å². The maximum Gasteiger partial charge on any atom is 0.335 e. The molecular formula is C29H30O2. The molecular weight excluding hydrogens is 380 g/mol. The van der Waals surface area contributed by atoms with Crippen molar-refractivity contribution in [2.45, 2.75) is 39.0 Å². The van der Waals surface area contributed by atoms with Crippen LogP contribution in [0.3, 0.4) is 0 Å². The molecule has 0 amide bonds. The molecule has 0 bridgehead atoms. The standard InChI is InChI=1S/C29H30O2/c1-22(21-31-27(30)20-15-23-11-7-5-8-12-23)28(24-13-9-6-10-14-24)25-16-18-26(19-17-25)29(2,3)4/h5-21,28H,1-4H3/b20-15+,22-21+. The molecule has 2 heteroatoms. The molecule has 3 rings (SSSR count). The van der Waals surface area contributed by atoms with Crippen molar-refractivity contribution < 1.29 is 9.53 Å². The number of hydrogen-bond donors (Lipinski definition) is 0. The number of rotatable bonds is 6. The van der Waals surface area contributed by atoms with Gasteiger partial charge in [0.25, 0.3) is 0 Å². The molecule has 0 aliphatic heterocycles. The Balaban J connectivity index is 1.82. The molecule has 0 fully saturated rings. The second-order valence-electron chi connectivity index (χ2n) is 8.76. The molecule has 0 aromatic heterocycles. The summed E-state index contributed by atoms with van der Waals surface area (Å²) in [5.74, 6) is -0.376. The maximum atomic E-state index is 12.2. The van der Waals surface area contributed by atoms with Gasteiger partial charge < -0.3 is 4.74 Å². The van der Waals surface area contributed by atoms with Gasteiger partial charge in [0, 0.05) is 12.0 Å². The fourth-order valence-corrected chi connectivity index (χ4v) is 3.53. The predicted octanol–water partition coefficient (Wildman–Crippen LogP) is 7.28. The van der Waals surface area contributed by atoms with Gasteiger partial charge in [-0.25, -0.2) is 4.79 Å². The third kappa shape index (κ3) is 6.29. The van der Waals surface area contributed by atoms with Crippen molar-refractivity contribution >= 4 is 12.0 Å². The summed E-state index contributed by atoms with van der Waals surface area (Å²) in [6.45, 7) is 8.64. The lowest BCUT2D eigenvalue weighted by atomic mass is 9.82. The van der Waals surface area contributed by atoms with Crippen LogP contribution in [0, 0.1) is 0 Å². The molecule has 0 saturated carbocycles. The lowest BCUT2D eigenvalue weighted by Crippen LogP contribution is -2.11. The Labute approximate surface area is 185 Å². The van der Waals surface area contributed by atoms with Gasteiger partial charge in [0.1, 0.15) is 0 Å². The van der Waals surface area contributed by atoms with E-state index in [1.807, 2.05) is 55.5 Å². The van der Waals surface area contributed by atoms with Crippen molar-refractivity contribution in [1.82, 2.24) is 0 Å². The van der Waals surface area contributed by atoms with Crippen molar-refractivity contribution in [3.05, 3.63) is 125 Å². The van der Waals surface area contributed by atoms with Gasteiger partial charge in [-0.2, -0.15) is 0 Å². The average Bonchev–Trinajstić information content (AvgIpc) is 2.78. The summed E-state index contributed by atoms with van der Waals surface area (Å²) >= 11 is 0. The highest BCUT2D eigenvalue weighted by atomic mass is 16.5. The summed E-state index contributed by atoms with van der Waals surface area (Å²) in [6.07, 6.45) is 4.78. The normalized spacial score (nSPS) is 13.2. The zero-order valence-corrected chi connectivity index (χ0v) is 18.7. The first-order valence-corrected chi connectivity index (χ1v) is 10.6. The highest BCUT2D eigenvalue weighted by Crippen LogP contribution is 2.33. The highest BCUT2D eigenvalue weighted by molar-refractivity contribution is 5.87. The monoisotopic (exact) mass is 410 g/mol. The van der Waals surface area contributed by atoms with Crippen LogP contribution in [0.1, 0.15) is 55.9 Å². The zero-order valence-electron chi connectivity index (χ0n) is 18.7. The Morgan fingerprint density at radius 2 is 1.35 bits per heavy atom. The van der Waals surface area contributed by atoms with E-state index in [0.717, 1.165) is 16.7 Å². The van der Waals surface area contributed by atoms with E-state index >= 15 is 0 Å². The van der Waals surface area contributed by atoms with Crippen LogP contribution in [0.5, 0.6) is 0 Å². The van der Waals surface area contributed by atoms with Gasteiger partial charge in [-0.05, 0) is 46.2 Å². The summed E-state index contributed by atoms with van der Waals surface area (Å²) in [5.41, 5.74) is 5.66. The topological polar surface area (TPSA) is 26.3 Å². The molecule has 0 spiro atoms. The van der Waals surface area contributed by atoms with Crippen LogP contribution in [-0.2, 0) is 14.9 Å². The van der Waals surface area contributed by atoms with Crippen LogP contribution in [0.25, 0.3) is 6.08 Å². The third-order valence-corrected chi connectivity index (χ3v) is 5.27. The van der Waals surface area contributed by atoms with Crippen molar-refractivity contribution in [1.29, 1.82) is 0 Å². The number of benzene rings is 3. The van der Waals surface area contributed by atoms with Crippen LogP contribution < -0.4 is 0 Å². The Hall–Kier alpha value is -3.39. The third-order valence-electron chi connectivity index (χ3n) is 5.27. The molecule has 0 aliphatic rings. The summed E-state index contributed by atoms with van der Waals surface area (Å²) in [7, 11) is 0. The van der Waals surface area contributed by atoms with Crippen molar-refractivity contribution in [2.75, 3.05) is 0 Å². The Morgan fingerprint density at radius 1 is 0.806 bits per heavy atom. The van der Waals surface area contributed by atoms with Crippen LogP contribution in [0.4, 0.5) is 0 Å². The van der Waals surface area contributed by atoms with Crippen LogP contribution >= 0.6 is 0 Å². The first-order valence-electron chi connectivity index (χ1n) is 10.6. The minimum Gasteiger partial charge on any atom is -0.431 e. The minimum atomic E-state index is -0.391. The highest BCUT2D eigenvalue weighted by Gasteiger charge is 2.19. The van der Waals surface area contributed by atoms with E-state index in [1.54, 1.807) is 12.3 Å².